The highest BCUT2D eigenvalue weighted by Gasteiger charge is 2.09. The van der Waals surface area contributed by atoms with E-state index in [1.165, 1.54) is 0 Å². The Kier molecular flexibility index (Phi) is 6.39. The van der Waals surface area contributed by atoms with Crippen molar-refractivity contribution in [3.05, 3.63) is 59.2 Å². The molecule has 0 aliphatic heterocycles. The molecule has 0 atom stereocenters. The van der Waals surface area contributed by atoms with Gasteiger partial charge in [-0.1, -0.05) is 18.2 Å². The van der Waals surface area contributed by atoms with Crippen molar-refractivity contribution in [3.8, 4) is 11.5 Å². The van der Waals surface area contributed by atoms with E-state index in [1.807, 2.05) is 26.0 Å². The summed E-state index contributed by atoms with van der Waals surface area (Å²) in [4.78, 5) is 28.1. The molecule has 0 heterocycles. The molecular weight excluding hydrogens is 322 g/mol. The Bertz CT molecular complexity index is 740. The second-order valence-corrected chi connectivity index (χ2v) is 5.56. The molecule has 6 heteroatoms. The maximum atomic E-state index is 11.8. The van der Waals surface area contributed by atoms with Gasteiger partial charge in [-0.15, -0.1) is 0 Å². The first-order valence-corrected chi connectivity index (χ1v) is 7.79. The monoisotopic (exact) mass is 343 g/mol. The molecular formula is C19H21NO5. The number of carbonyl (C=O) groups is 2. The van der Waals surface area contributed by atoms with E-state index in [0.29, 0.717) is 11.5 Å². The molecule has 0 aromatic heterocycles. The molecule has 2 rings (SSSR count). The molecule has 25 heavy (non-hydrogen) atoms. The lowest BCUT2D eigenvalue weighted by Gasteiger charge is -2.09. The van der Waals surface area contributed by atoms with Crippen LogP contribution in [0.2, 0.25) is 0 Å². The van der Waals surface area contributed by atoms with Crippen LogP contribution in [0.5, 0.6) is 11.5 Å². The van der Waals surface area contributed by atoms with Gasteiger partial charge in [-0.3, -0.25) is 4.79 Å². The number of hydrogen-bond donors (Lipinski definition) is 1. The molecule has 0 fully saturated rings. The van der Waals surface area contributed by atoms with Crippen molar-refractivity contribution in [1.29, 1.82) is 0 Å². The highest BCUT2D eigenvalue weighted by atomic mass is 16.7. The summed E-state index contributed by atoms with van der Waals surface area (Å²) in [5, 5.41) is 0. The van der Waals surface area contributed by atoms with Crippen LogP contribution in [0.15, 0.2) is 42.5 Å². The minimum atomic E-state index is -0.679. The first kappa shape index (κ1) is 18.3. The fourth-order valence-electron chi connectivity index (χ4n) is 2.05. The van der Waals surface area contributed by atoms with Crippen molar-refractivity contribution in [1.82, 2.24) is 5.48 Å². The highest BCUT2D eigenvalue weighted by molar-refractivity contribution is 5.80. The second kappa shape index (κ2) is 8.73. The van der Waals surface area contributed by atoms with Gasteiger partial charge >= 0.3 is 5.97 Å². The number of carbonyl (C=O) groups excluding carboxylic acids is 2. The van der Waals surface area contributed by atoms with Crippen molar-refractivity contribution in [3.63, 3.8) is 0 Å². The van der Waals surface area contributed by atoms with E-state index in [1.54, 1.807) is 37.4 Å². The third-order valence-electron chi connectivity index (χ3n) is 3.64. The second-order valence-electron chi connectivity index (χ2n) is 5.56. The number of ether oxygens (including phenoxy) is 2. The molecule has 0 radical (unpaired) electrons. The average Bonchev–Trinajstić information content (AvgIpc) is 2.61. The first-order valence-electron chi connectivity index (χ1n) is 7.79. The number of nitrogens with one attached hydrogen (secondary N) is 1. The maximum absolute atomic E-state index is 11.8. The predicted octanol–water partition coefficient (Wildman–Crippen LogP) is 2.51. The molecule has 1 N–H and O–H groups in total. The van der Waals surface area contributed by atoms with Crippen LogP contribution in [-0.2, 0) is 20.8 Å². The van der Waals surface area contributed by atoms with Gasteiger partial charge < -0.3 is 14.3 Å². The van der Waals surface area contributed by atoms with Gasteiger partial charge in [0.15, 0.2) is 6.61 Å². The molecule has 0 unspecified atom stereocenters. The molecule has 0 bridgehead atoms. The average molecular weight is 343 g/mol. The maximum Gasteiger partial charge on any atom is 0.369 e. The van der Waals surface area contributed by atoms with E-state index in [0.717, 1.165) is 16.7 Å². The van der Waals surface area contributed by atoms with Gasteiger partial charge in [0.1, 0.15) is 11.5 Å². The van der Waals surface area contributed by atoms with Gasteiger partial charge in [-0.25, -0.2) is 4.79 Å². The number of aryl methyl sites for hydroxylation is 2. The molecule has 6 nitrogen and oxygen atoms in total. The zero-order chi connectivity index (χ0) is 18.2. The predicted molar refractivity (Wildman–Crippen MR) is 92.3 cm³/mol. The number of benzene rings is 2. The number of amides is 1. The molecule has 2 aromatic carbocycles. The van der Waals surface area contributed by atoms with Gasteiger partial charge in [0.2, 0.25) is 0 Å². The van der Waals surface area contributed by atoms with Crippen molar-refractivity contribution < 1.29 is 23.9 Å². The number of hydrogen-bond acceptors (Lipinski definition) is 5. The van der Waals surface area contributed by atoms with Crippen LogP contribution in [0.4, 0.5) is 0 Å². The standard InChI is InChI=1S/C19H21NO5/c1-13-4-7-17(10-14(13)2)24-12-19(22)25-20-18(21)11-15-5-8-16(23-3)9-6-15/h4-10H,11-12H2,1-3H3,(H,20,21). The lowest BCUT2D eigenvalue weighted by molar-refractivity contribution is -0.159. The highest BCUT2D eigenvalue weighted by Crippen LogP contribution is 2.16. The molecule has 0 aliphatic rings. The third kappa shape index (κ3) is 5.84. The number of rotatable bonds is 6. The van der Waals surface area contributed by atoms with E-state index in [2.05, 4.69) is 5.48 Å². The fourth-order valence-corrected chi connectivity index (χ4v) is 2.05. The molecule has 132 valence electrons. The molecule has 0 saturated heterocycles. The van der Waals surface area contributed by atoms with E-state index in [9.17, 15) is 9.59 Å². The van der Waals surface area contributed by atoms with E-state index in [-0.39, 0.29) is 13.0 Å². The summed E-state index contributed by atoms with van der Waals surface area (Å²) >= 11 is 0. The lowest BCUT2D eigenvalue weighted by atomic mass is 10.1. The van der Waals surface area contributed by atoms with Crippen LogP contribution in [0.3, 0.4) is 0 Å². The summed E-state index contributed by atoms with van der Waals surface area (Å²) in [6.45, 7) is 3.66. The summed E-state index contributed by atoms with van der Waals surface area (Å²) in [6.07, 6.45) is 0.0925. The molecule has 0 saturated carbocycles. The Labute approximate surface area is 146 Å². The quantitative estimate of drug-likeness (QED) is 0.816. The SMILES string of the molecule is COc1ccc(CC(=O)NOC(=O)COc2ccc(C)c(C)c2)cc1. The molecule has 0 aliphatic carbocycles. The summed E-state index contributed by atoms with van der Waals surface area (Å²) in [7, 11) is 1.57. The molecule has 1 amide bonds. The van der Waals surface area contributed by atoms with E-state index in [4.69, 9.17) is 14.3 Å². The number of methoxy groups -OCH3 is 1. The number of hydroxylamine groups is 1. The smallest absolute Gasteiger partial charge is 0.369 e. The lowest BCUT2D eigenvalue weighted by Crippen LogP contribution is -2.30. The minimum absolute atomic E-state index is 0.0925. The molecule has 2 aromatic rings. The van der Waals surface area contributed by atoms with Gasteiger partial charge in [0.25, 0.3) is 5.91 Å². The Morgan fingerprint density at radius 1 is 0.960 bits per heavy atom. The van der Waals surface area contributed by atoms with Crippen molar-refractivity contribution >= 4 is 11.9 Å². The van der Waals surface area contributed by atoms with Gasteiger partial charge in [-0.2, -0.15) is 5.48 Å². The summed E-state index contributed by atoms with van der Waals surface area (Å²) in [5.74, 6) is 0.176. The van der Waals surface area contributed by atoms with Gasteiger partial charge in [0, 0.05) is 0 Å². The normalized spacial score (nSPS) is 10.0. The van der Waals surface area contributed by atoms with Crippen LogP contribution in [0.1, 0.15) is 16.7 Å². The van der Waals surface area contributed by atoms with Crippen molar-refractivity contribution in [2.24, 2.45) is 0 Å². The topological polar surface area (TPSA) is 73.9 Å². The van der Waals surface area contributed by atoms with Crippen LogP contribution >= 0.6 is 0 Å². The van der Waals surface area contributed by atoms with Crippen LogP contribution in [-0.4, -0.2) is 25.6 Å². The van der Waals surface area contributed by atoms with E-state index >= 15 is 0 Å². The summed E-state index contributed by atoms with van der Waals surface area (Å²) in [5.41, 5.74) is 5.10. The first-order chi connectivity index (χ1) is 12.0. The largest absolute Gasteiger partial charge is 0.497 e. The molecule has 0 spiro atoms. The van der Waals surface area contributed by atoms with Gasteiger partial charge in [-0.05, 0) is 54.8 Å². The van der Waals surface area contributed by atoms with Gasteiger partial charge in [0.05, 0.1) is 13.5 Å². The minimum Gasteiger partial charge on any atom is -0.497 e. The van der Waals surface area contributed by atoms with Crippen molar-refractivity contribution in [2.45, 2.75) is 20.3 Å². The van der Waals surface area contributed by atoms with E-state index < -0.39 is 11.9 Å². The Balaban J connectivity index is 1.73. The van der Waals surface area contributed by atoms with Crippen LogP contribution in [0.25, 0.3) is 0 Å². The Morgan fingerprint density at radius 2 is 1.64 bits per heavy atom. The zero-order valence-electron chi connectivity index (χ0n) is 14.5. The summed E-state index contributed by atoms with van der Waals surface area (Å²) in [6, 6.07) is 12.6. The third-order valence-corrected chi connectivity index (χ3v) is 3.64. The van der Waals surface area contributed by atoms with Crippen LogP contribution < -0.4 is 15.0 Å². The Morgan fingerprint density at radius 3 is 2.28 bits per heavy atom. The fraction of sp³-hybridized carbons (Fsp3) is 0.263. The zero-order valence-corrected chi connectivity index (χ0v) is 14.5. The Hall–Kier alpha value is -3.02. The van der Waals surface area contributed by atoms with Crippen molar-refractivity contribution in [2.75, 3.05) is 13.7 Å². The van der Waals surface area contributed by atoms with Crippen LogP contribution in [0, 0.1) is 13.8 Å². The summed E-state index contributed by atoms with van der Waals surface area (Å²) < 4.78 is 10.4.